The van der Waals surface area contributed by atoms with Crippen molar-refractivity contribution in [3.8, 4) is 0 Å². The van der Waals surface area contributed by atoms with Gasteiger partial charge in [-0.3, -0.25) is 21.2 Å². The van der Waals surface area contributed by atoms with Crippen molar-refractivity contribution < 1.29 is 0 Å². The van der Waals surface area contributed by atoms with Gasteiger partial charge in [0.15, 0.2) is 0 Å². The molecule has 0 bridgehead atoms. The van der Waals surface area contributed by atoms with Crippen LogP contribution in [-0.4, -0.2) is 9.97 Å². The minimum Gasteiger partial charge on any atom is -0.271 e. The van der Waals surface area contributed by atoms with Gasteiger partial charge in [0.1, 0.15) is 0 Å². The van der Waals surface area contributed by atoms with E-state index >= 15 is 0 Å². The highest BCUT2D eigenvalue weighted by atomic mass is 79.9. The van der Waals surface area contributed by atoms with E-state index in [-0.39, 0.29) is 6.04 Å². The monoisotopic (exact) mass is 342 g/mol. The Bertz CT molecular complexity index is 737. The molecule has 0 saturated heterocycles. The fraction of sp³-hybridized carbons (Fsp3) is 0.125. The SMILES string of the molecule is NNC(Cc1ccnc2ccccc12)c1ccc(Br)cn1. The van der Waals surface area contributed by atoms with Gasteiger partial charge in [0, 0.05) is 22.3 Å². The second-order valence-electron chi connectivity index (χ2n) is 4.81. The first kappa shape index (κ1) is 14.1. The number of fused-ring (bicyclic) bond motifs is 1. The van der Waals surface area contributed by atoms with Crippen LogP contribution in [0.5, 0.6) is 0 Å². The number of nitrogens with zero attached hydrogens (tertiary/aromatic N) is 2. The maximum atomic E-state index is 5.72. The van der Waals surface area contributed by atoms with E-state index < -0.39 is 0 Å². The lowest BCUT2D eigenvalue weighted by atomic mass is 10.00. The van der Waals surface area contributed by atoms with Gasteiger partial charge >= 0.3 is 0 Å². The molecule has 1 aromatic carbocycles. The molecule has 3 rings (SSSR count). The minimum atomic E-state index is -0.0380. The van der Waals surface area contributed by atoms with E-state index in [2.05, 4.69) is 37.4 Å². The number of pyridine rings is 2. The molecule has 106 valence electrons. The summed E-state index contributed by atoms with van der Waals surface area (Å²) >= 11 is 3.39. The first-order chi connectivity index (χ1) is 10.3. The van der Waals surface area contributed by atoms with E-state index in [0.29, 0.717) is 0 Å². The molecule has 0 saturated carbocycles. The third kappa shape index (κ3) is 3.10. The number of hydrogen-bond acceptors (Lipinski definition) is 4. The molecule has 5 heteroatoms. The standard InChI is InChI=1S/C16H15BrN4/c17-12-5-6-15(20-10-12)16(21-18)9-11-7-8-19-14-4-2-1-3-13(11)14/h1-8,10,16,21H,9,18H2. The number of hydrogen-bond donors (Lipinski definition) is 2. The Morgan fingerprint density at radius 3 is 2.71 bits per heavy atom. The summed E-state index contributed by atoms with van der Waals surface area (Å²) in [7, 11) is 0. The number of para-hydroxylation sites is 1. The molecule has 0 radical (unpaired) electrons. The van der Waals surface area contributed by atoms with Gasteiger partial charge in [-0.25, -0.2) is 0 Å². The van der Waals surface area contributed by atoms with Crippen molar-refractivity contribution in [3.05, 3.63) is 70.6 Å². The number of nitrogens with two attached hydrogens (primary N) is 1. The largest absolute Gasteiger partial charge is 0.271 e. The Morgan fingerprint density at radius 1 is 1.10 bits per heavy atom. The molecule has 3 aromatic rings. The average Bonchev–Trinajstić information content (AvgIpc) is 2.54. The predicted octanol–water partition coefficient (Wildman–Crippen LogP) is 3.14. The quantitative estimate of drug-likeness (QED) is 0.564. The van der Waals surface area contributed by atoms with Crippen molar-refractivity contribution in [1.82, 2.24) is 15.4 Å². The molecule has 1 atom stereocenters. The lowest BCUT2D eigenvalue weighted by Crippen LogP contribution is -2.30. The third-order valence-corrected chi connectivity index (χ3v) is 3.94. The Labute approximate surface area is 131 Å². The molecule has 0 spiro atoms. The molecule has 1 unspecified atom stereocenters. The van der Waals surface area contributed by atoms with Crippen molar-refractivity contribution >= 4 is 26.8 Å². The van der Waals surface area contributed by atoms with Crippen molar-refractivity contribution in [2.24, 2.45) is 5.84 Å². The van der Waals surface area contributed by atoms with Crippen molar-refractivity contribution in [2.75, 3.05) is 0 Å². The predicted molar refractivity (Wildman–Crippen MR) is 87.4 cm³/mol. The van der Waals surface area contributed by atoms with Gasteiger partial charge in [0.25, 0.3) is 0 Å². The van der Waals surface area contributed by atoms with Gasteiger partial charge in [0.2, 0.25) is 0 Å². The number of halogens is 1. The highest BCUT2D eigenvalue weighted by Crippen LogP contribution is 2.22. The number of hydrazine groups is 1. The summed E-state index contributed by atoms with van der Waals surface area (Å²) in [4.78, 5) is 8.81. The van der Waals surface area contributed by atoms with Crippen molar-refractivity contribution in [1.29, 1.82) is 0 Å². The Kier molecular flexibility index (Phi) is 4.24. The zero-order valence-electron chi connectivity index (χ0n) is 11.3. The molecular weight excluding hydrogens is 328 g/mol. The van der Waals surface area contributed by atoms with E-state index in [9.17, 15) is 0 Å². The molecule has 2 heterocycles. The smallest absolute Gasteiger partial charge is 0.0704 e. The van der Waals surface area contributed by atoms with Crippen LogP contribution in [0.3, 0.4) is 0 Å². The highest BCUT2D eigenvalue weighted by molar-refractivity contribution is 9.10. The minimum absolute atomic E-state index is 0.0380. The van der Waals surface area contributed by atoms with Crippen LogP contribution >= 0.6 is 15.9 Å². The number of nitrogens with one attached hydrogen (secondary N) is 1. The molecule has 21 heavy (non-hydrogen) atoms. The fourth-order valence-corrected chi connectivity index (χ4v) is 2.63. The second-order valence-corrected chi connectivity index (χ2v) is 5.73. The van der Waals surface area contributed by atoms with Crippen LogP contribution in [0.1, 0.15) is 17.3 Å². The van der Waals surface area contributed by atoms with Crippen molar-refractivity contribution in [2.45, 2.75) is 12.5 Å². The van der Waals surface area contributed by atoms with Crippen LogP contribution in [0.15, 0.2) is 59.3 Å². The molecule has 0 aliphatic heterocycles. The maximum Gasteiger partial charge on any atom is 0.0704 e. The molecule has 4 nitrogen and oxygen atoms in total. The van der Waals surface area contributed by atoms with Gasteiger partial charge < -0.3 is 0 Å². The van der Waals surface area contributed by atoms with Gasteiger partial charge in [-0.1, -0.05) is 18.2 Å². The van der Waals surface area contributed by atoms with Crippen LogP contribution in [0, 0.1) is 0 Å². The van der Waals surface area contributed by atoms with Gasteiger partial charge in [-0.15, -0.1) is 0 Å². The molecule has 0 amide bonds. The molecule has 3 N–H and O–H groups in total. The van der Waals surface area contributed by atoms with Gasteiger partial charge in [-0.2, -0.15) is 0 Å². The summed E-state index contributed by atoms with van der Waals surface area (Å²) in [5, 5.41) is 1.15. The maximum absolute atomic E-state index is 5.72. The third-order valence-electron chi connectivity index (χ3n) is 3.47. The highest BCUT2D eigenvalue weighted by Gasteiger charge is 2.13. The zero-order valence-corrected chi connectivity index (χ0v) is 12.9. The molecular formula is C16H15BrN4. The molecule has 2 aromatic heterocycles. The second kappa shape index (κ2) is 6.30. The summed E-state index contributed by atoms with van der Waals surface area (Å²) in [6.45, 7) is 0. The Hall–Kier alpha value is -1.82. The summed E-state index contributed by atoms with van der Waals surface area (Å²) in [6.07, 6.45) is 4.37. The average molecular weight is 343 g/mol. The van der Waals surface area contributed by atoms with Gasteiger partial charge in [0.05, 0.1) is 17.3 Å². The van der Waals surface area contributed by atoms with Crippen LogP contribution in [0.4, 0.5) is 0 Å². The summed E-state index contributed by atoms with van der Waals surface area (Å²) in [5.74, 6) is 5.72. The molecule has 0 fully saturated rings. The lowest BCUT2D eigenvalue weighted by molar-refractivity contribution is 0.539. The topological polar surface area (TPSA) is 63.8 Å². The van der Waals surface area contributed by atoms with Crippen LogP contribution in [0.2, 0.25) is 0 Å². The summed E-state index contributed by atoms with van der Waals surface area (Å²) in [5.41, 5.74) is 5.97. The van der Waals surface area contributed by atoms with E-state index in [1.54, 1.807) is 6.20 Å². The van der Waals surface area contributed by atoms with E-state index in [4.69, 9.17) is 5.84 Å². The van der Waals surface area contributed by atoms with E-state index in [1.165, 1.54) is 5.56 Å². The lowest BCUT2D eigenvalue weighted by Gasteiger charge is -2.16. The summed E-state index contributed by atoms with van der Waals surface area (Å²) < 4.78 is 0.955. The fourth-order valence-electron chi connectivity index (χ4n) is 2.40. The Balaban J connectivity index is 1.94. The molecule has 0 aliphatic carbocycles. The zero-order chi connectivity index (χ0) is 14.7. The van der Waals surface area contributed by atoms with Gasteiger partial charge in [-0.05, 0) is 52.2 Å². The number of rotatable bonds is 4. The first-order valence-electron chi connectivity index (χ1n) is 6.68. The van der Waals surface area contributed by atoms with Crippen LogP contribution < -0.4 is 11.3 Å². The normalized spacial score (nSPS) is 12.5. The first-order valence-corrected chi connectivity index (χ1v) is 7.47. The Morgan fingerprint density at radius 2 is 1.95 bits per heavy atom. The van der Waals surface area contributed by atoms with E-state index in [1.807, 2.05) is 42.6 Å². The number of aromatic nitrogens is 2. The van der Waals surface area contributed by atoms with Crippen LogP contribution in [-0.2, 0) is 6.42 Å². The number of benzene rings is 1. The van der Waals surface area contributed by atoms with E-state index in [0.717, 1.165) is 27.5 Å². The molecule has 0 aliphatic rings. The summed E-state index contributed by atoms with van der Waals surface area (Å²) in [6, 6.07) is 14.1. The van der Waals surface area contributed by atoms with Crippen LogP contribution in [0.25, 0.3) is 10.9 Å². The van der Waals surface area contributed by atoms with Crippen molar-refractivity contribution in [3.63, 3.8) is 0 Å².